The number of halogens is 1. The van der Waals surface area contributed by atoms with Crippen LogP contribution < -0.4 is 5.32 Å². The minimum absolute atomic E-state index is 0.115. The second-order valence-corrected chi connectivity index (χ2v) is 9.07. The molecule has 29 heavy (non-hydrogen) atoms. The summed E-state index contributed by atoms with van der Waals surface area (Å²) in [6.07, 6.45) is 7.86. The second-order valence-electron chi connectivity index (χ2n) is 8.09. The van der Waals surface area contributed by atoms with E-state index >= 15 is 0 Å². The molecular formula is C22H32FN3O2S. The molecule has 0 aromatic heterocycles. The van der Waals surface area contributed by atoms with Crippen molar-refractivity contribution in [1.82, 2.24) is 9.80 Å². The molecule has 1 saturated heterocycles. The lowest BCUT2D eigenvalue weighted by Gasteiger charge is -2.28. The molecule has 0 radical (unpaired) electrons. The number of hydrogen-bond donors (Lipinski definition) is 1. The maximum atomic E-state index is 12.9. The topological polar surface area (TPSA) is 52.7 Å². The van der Waals surface area contributed by atoms with E-state index in [0.29, 0.717) is 11.4 Å². The lowest BCUT2D eigenvalue weighted by atomic mass is 9.89. The number of nitrogens with zero attached hydrogens (tertiary/aromatic N) is 2. The maximum absolute atomic E-state index is 12.9. The van der Waals surface area contributed by atoms with Gasteiger partial charge in [-0.15, -0.1) is 11.8 Å². The zero-order chi connectivity index (χ0) is 20.5. The molecule has 1 aliphatic heterocycles. The minimum atomic E-state index is -0.335. The molecule has 2 amide bonds. The number of thioether (sulfide) groups is 1. The van der Waals surface area contributed by atoms with Gasteiger partial charge in [-0.25, -0.2) is 4.39 Å². The third-order valence-corrected chi connectivity index (χ3v) is 6.69. The molecule has 1 N–H and O–H groups in total. The normalized spacial score (nSPS) is 19.0. The fraction of sp³-hybridized carbons (Fsp3) is 0.636. The van der Waals surface area contributed by atoms with Crippen LogP contribution in [0.5, 0.6) is 0 Å². The van der Waals surface area contributed by atoms with Crippen LogP contribution in [0.3, 0.4) is 0 Å². The molecular weight excluding hydrogens is 389 g/mol. The molecule has 1 aromatic rings. The van der Waals surface area contributed by atoms with Crippen LogP contribution in [0.1, 0.15) is 38.5 Å². The highest BCUT2D eigenvalue weighted by molar-refractivity contribution is 8.00. The number of carbonyl (C=O) groups is 2. The summed E-state index contributed by atoms with van der Waals surface area (Å²) in [7, 11) is 0. The zero-order valence-electron chi connectivity index (χ0n) is 17.1. The first-order valence-corrected chi connectivity index (χ1v) is 11.9. The van der Waals surface area contributed by atoms with E-state index in [4.69, 9.17) is 0 Å². The Bertz CT molecular complexity index is 665. The van der Waals surface area contributed by atoms with Gasteiger partial charge >= 0.3 is 0 Å². The van der Waals surface area contributed by atoms with Gasteiger partial charge in [0.15, 0.2) is 0 Å². The van der Waals surface area contributed by atoms with E-state index in [0.717, 1.165) is 38.5 Å². The molecule has 0 spiro atoms. The molecule has 3 rings (SSSR count). The summed E-state index contributed by atoms with van der Waals surface area (Å²) in [4.78, 5) is 29.0. The number of benzene rings is 1. The monoisotopic (exact) mass is 421 g/mol. The molecule has 0 unspecified atom stereocenters. The van der Waals surface area contributed by atoms with Gasteiger partial charge in [0.1, 0.15) is 5.82 Å². The summed E-state index contributed by atoms with van der Waals surface area (Å²) in [5, 5.41) is 2.72. The Morgan fingerprint density at radius 1 is 0.966 bits per heavy atom. The largest absolute Gasteiger partial charge is 0.341 e. The molecule has 1 heterocycles. The van der Waals surface area contributed by atoms with Crippen LogP contribution in [-0.4, -0.2) is 65.8 Å². The van der Waals surface area contributed by atoms with E-state index < -0.39 is 0 Å². The number of amides is 2. The van der Waals surface area contributed by atoms with Crippen molar-refractivity contribution in [3.63, 3.8) is 0 Å². The van der Waals surface area contributed by atoms with Crippen molar-refractivity contribution in [2.24, 2.45) is 5.92 Å². The Kier molecular flexibility index (Phi) is 8.80. The molecule has 160 valence electrons. The number of hydrogen-bond acceptors (Lipinski definition) is 4. The summed E-state index contributed by atoms with van der Waals surface area (Å²) in [5.41, 5.74) is 0.564. The van der Waals surface area contributed by atoms with Crippen molar-refractivity contribution >= 4 is 29.3 Å². The predicted octanol–water partition coefficient (Wildman–Crippen LogP) is 3.61. The van der Waals surface area contributed by atoms with Crippen LogP contribution in [0, 0.1) is 11.7 Å². The lowest BCUT2D eigenvalue weighted by molar-refractivity contribution is -0.128. The van der Waals surface area contributed by atoms with Gasteiger partial charge in [-0.2, -0.15) is 0 Å². The lowest BCUT2D eigenvalue weighted by Crippen LogP contribution is -2.37. The highest BCUT2D eigenvalue weighted by atomic mass is 32.2. The SMILES string of the molecule is O=C(CSCC(=O)N1CCCN(CC2CCCCC2)CC1)Nc1ccc(F)cc1. The fourth-order valence-corrected chi connectivity index (χ4v) is 4.91. The fourth-order valence-electron chi connectivity index (χ4n) is 4.19. The Morgan fingerprint density at radius 2 is 1.72 bits per heavy atom. The number of anilines is 1. The summed E-state index contributed by atoms with van der Waals surface area (Å²) in [6.45, 7) is 4.81. The van der Waals surface area contributed by atoms with E-state index in [1.54, 1.807) is 0 Å². The number of nitrogens with one attached hydrogen (secondary N) is 1. The Labute approximate surface area is 177 Å². The van der Waals surface area contributed by atoms with E-state index in [-0.39, 0.29) is 23.4 Å². The van der Waals surface area contributed by atoms with Crippen LogP contribution in [0.2, 0.25) is 0 Å². The maximum Gasteiger partial charge on any atom is 0.234 e. The highest BCUT2D eigenvalue weighted by Gasteiger charge is 2.22. The van der Waals surface area contributed by atoms with Crippen LogP contribution in [-0.2, 0) is 9.59 Å². The van der Waals surface area contributed by atoms with Crippen molar-refractivity contribution < 1.29 is 14.0 Å². The Balaban J connectivity index is 1.33. The molecule has 0 bridgehead atoms. The Morgan fingerprint density at radius 3 is 2.48 bits per heavy atom. The van der Waals surface area contributed by atoms with Gasteiger partial charge in [0.25, 0.3) is 0 Å². The minimum Gasteiger partial charge on any atom is -0.341 e. The second kappa shape index (κ2) is 11.6. The summed E-state index contributed by atoms with van der Waals surface area (Å²) in [5.74, 6) is 0.969. The van der Waals surface area contributed by atoms with Crippen molar-refractivity contribution in [3.8, 4) is 0 Å². The highest BCUT2D eigenvalue weighted by Crippen LogP contribution is 2.24. The average molecular weight is 422 g/mol. The van der Waals surface area contributed by atoms with Crippen molar-refractivity contribution in [1.29, 1.82) is 0 Å². The van der Waals surface area contributed by atoms with E-state index in [9.17, 15) is 14.0 Å². The summed E-state index contributed by atoms with van der Waals surface area (Å²) < 4.78 is 12.9. The molecule has 1 saturated carbocycles. The first-order valence-electron chi connectivity index (χ1n) is 10.7. The van der Waals surface area contributed by atoms with Crippen molar-refractivity contribution in [3.05, 3.63) is 30.1 Å². The van der Waals surface area contributed by atoms with Crippen LogP contribution >= 0.6 is 11.8 Å². The first kappa shape index (κ1) is 22.1. The number of carbonyl (C=O) groups excluding carboxylic acids is 2. The summed E-state index contributed by atoms with van der Waals surface area (Å²) in [6, 6.07) is 5.67. The number of rotatable bonds is 7. The predicted molar refractivity (Wildman–Crippen MR) is 117 cm³/mol. The quantitative estimate of drug-likeness (QED) is 0.731. The van der Waals surface area contributed by atoms with Gasteiger partial charge in [-0.1, -0.05) is 19.3 Å². The molecule has 1 aliphatic carbocycles. The molecule has 7 heteroatoms. The van der Waals surface area contributed by atoms with E-state index in [1.807, 2.05) is 4.90 Å². The smallest absolute Gasteiger partial charge is 0.234 e. The van der Waals surface area contributed by atoms with Gasteiger partial charge < -0.3 is 15.1 Å². The molecule has 0 atom stereocenters. The van der Waals surface area contributed by atoms with Crippen LogP contribution in [0.15, 0.2) is 24.3 Å². The molecule has 2 aliphatic rings. The summed E-state index contributed by atoms with van der Waals surface area (Å²) >= 11 is 1.33. The van der Waals surface area contributed by atoms with Crippen molar-refractivity contribution in [2.75, 3.05) is 49.5 Å². The van der Waals surface area contributed by atoms with E-state index in [1.165, 1.54) is 74.7 Å². The molecule has 1 aromatic carbocycles. The first-order chi connectivity index (χ1) is 14.1. The van der Waals surface area contributed by atoms with Gasteiger partial charge in [-0.05, 0) is 56.0 Å². The standard InChI is InChI=1S/C22H32FN3O2S/c23-19-7-9-20(10-8-19)24-21(27)16-29-17-22(28)26-12-4-11-25(13-14-26)15-18-5-2-1-3-6-18/h7-10,18H,1-6,11-17H2,(H,24,27). The van der Waals surface area contributed by atoms with Gasteiger partial charge in [-0.3, -0.25) is 9.59 Å². The van der Waals surface area contributed by atoms with Gasteiger partial charge in [0.2, 0.25) is 11.8 Å². The van der Waals surface area contributed by atoms with Crippen LogP contribution in [0.4, 0.5) is 10.1 Å². The van der Waals surface area contributed by atoms with E-state index in [2.05, 4.69) is 10.2 Å². The third kappa shape index (κ3) is 7.63. The van der Waals surface area contributed by atoms with Crippen molar-refractivity contribution in [2.45, 2.75) is 38.5 Å². The Hall–Kier alpha value is -1.60. The van der Waals surface area contributed by atoms with Gasteiger partial charge in [0.05, 0.1) is 11.5 Å². The molecule has 2 fully saturated rings. The van der Waals surface area contributed by atoms with Gasteiger partial charge in [0, 0.05) is 31.9 Å². The third-order valence-electron chi connectivity index (χ3n) is 5.77. The molecule has 5 nitrogen and oxygen atoms in total. The van der Waals surface area contributed by atoms with Crippen LogP contribution in [0.25, 0.3) is 0 Å². The zero-order valence-corrected chi connectivity index (χ0v) is 17.9. The average Bonchev–Trinajstić information content (AvgIpc) is 2.96.